The minimum absolute atomic E-state index is 0.0317. The van der Waals surface area contributed by atoms with Gasteiger partial charge in [0.2, 0.25) is 0 Å². The zero-order valence-electron chi connectivity index (χ0n) is 28.4. The Hall–Kier alpha value is -0.870. The number of nitrogens with zero attached hydrogens (tertiary/aromatic N) is 2. The van der Waals surface area contributed by atoms with Crippen LogP contribution in [0.5, 0.6) is 0 Å². The first-order valence-electron chi connectivity index (χ1n) is 18.1. The molecule has 8 rings (SSSR count). The molecule has 4 nitrogen and oxygen atoms in total. The lowest BCUT2D eigenvalue weighted by molar-refractivity contribution is -0.934. The van der Waals surface area contributed by atoms with Gasteiger partial charge in [0.05, 0.1) is 19.6 Å². The maximum atomic E-state index is 13.5. The molecule has 2 bridgehead atoms. The Morgan fingerprint density at radius 1 is 0.810 bits per heavy atom. The minimum atomic E-state index is 0.0317. The Morgan fingerprint density at radius 3 is 2.17 bits per heavy atom. The van der Waals surface area contributed by atoms with Gasteiger partial charge in [-0.1, -0.05) is 53.7 Å². The second-order valence-electron chi connectivity index (χ2n) is 18.7. The fourth-order valence-electron chi connectivity index (χ4n) is 14.1. The number of carbonyl (C=O) groups excluding carboxylic acids is 1. The summed E-state index contributed by atoms with van der Waals surface area (Å²) in [6, 6.07) is 0. The van der Waals surface area contributed by atoms with Crippen LogP contribution < -0.4 is 0 Å². The number of rotatable bonds is 4. The molecule has 8 fully saturated rings. The van der Waals surface area contributed by atoms with E-state index in [0.717, 1.165) is 73.8 Å². The number of piperazine rings is 3. The van der Waals surface area contributed by atoms with Crippen LogP contribution in [-0.2, 0) is 9.53 Å². The molecule has 0 radical (unpaired) electrons. The van der Waals surface area contributed by atoms with E-state index in [9.17, 15) is 4.79 Å². The van der Waals surface area contributed by atoms with E-state index < -0.39 is 0 Å². The molecule has 1 unspecified atom stereocenters. The Morgan fingerprint density at radius 2 is 1.50 bits per heavy atom. The van der Waals surface area contributed by atoms with E-state index in [-0.39, 0.29) is 17.5 Å². The molecule has 4 heteroatoms. The van der Waals surface area contributed by atoms with Gasteiger partial charge in [-0.05, 0) is 122 Å². The number of ether oxygens (including phenoxy) is 1. The summed E-state index contributed by atoms with van der Waals surface area (Å²) < 4.78 is 7.50. The van der Waals surface area contributed by atoms with Gasteiger partial charge in [-0.3, -0.25) is 4.90 Å². The van der Waals surface area contributed by atoms with Gasteiger partial charge in [-0.15, -0.1) is 0 Å². The monoisotopic (exact) mass is 579 g/mol. The molecule has 3 heterocycles. The quantitative estimate of drug-likeness (QED) is 0.194. The molecule has 42 heavy (non-hydrogen) atoms. The number of carbonyl (C=O) groups is 1. The van der Waals surface area contributed by atoms with Gasteiger partial charge >= 0.3 is 5.97 Å². The summed E-state index contributed by atoms with van der Waals surface area (Å²) in [6.07, 6.45) is 13.4. The number of allylic oxidation sites excluding steroid dienone is 1. The van der Waals surface area contributed by atoms with Crippen LogP contribution >= 0.6 is 0 Å². The molecule has 0 N–H and O–H groups in total. The third-order valence-corrected chi connectivity index (χ3v) is 16.8. The zero-order valence-corrected chi connectivity index (χ0v) is 28.4. The van der Waals surface area contributed by atoms with Crippen molar-refractivity contribution in [1.29, 1.82) is 0 Å². The SMILES string of the molecule is C=C(C)[C@@H]1CC[C@]2(C)CC[C@]3(C)[C@H](CC[C@@H]4[C@@]5(C)CCC(OC(=O)C[N+]67CCN(CC6)CC7)C(C)(C)[C@@H]5CC[C@]43C)[C@@H]12. The van der Waals surface area contributed by atoms with Gasteiger partial charge in [-0.2, -0.15) is 0 Å². The standard InChI is InChI=1S/C38H63N2O2/c1-26(2)27-11-14-35(5)17-18-37(7)28(33(27)35)9-10-30-36(6)15-13-31(34(3,4)29(36)12-16-38(30,37)8)42-32(41)25-40-22-19-39(20-23-40)21-24-40/h27-31,33H,1,9-25H2,2-8H3/q+1/t27-,28+,29-,30+,31?,33+,35+,36-,37+,38+/m0/s1. The molecule has 3 saturated heterocycles. The van der Waals surface area contributed by atoms with Crippen LogP contribution in [0.4, 0.5) is 0 Å². The number of hydrogen-bond acceptors (Lipinski definition) is 3. The molecule has 0 aromatic rings. The largest absolute Gasteiger partial charge is 0.458 e. The first-order chi connectivity index (χ1) is 19.7. The van der Waals surface area contributed by atoms with E-state index in [1.807, 2.05) is 0 Å². The van der Waals surface area contributed by atoms with Crippen molar-refractivity contribution < 1.29 is 14.0 Å². The molecule has 0 spiro atoms. The molecule has 236 valence electrons. The lowest BCUT2D eigenvalue weighted by Crippen LogP contribution is -2.69. The van der Waals surface area contributed by atoms with E-state index in [4.69, 9.17) is 4.74 Å². The highest BCUT2D eigenvalue weighted by Crippen LogP contribution is 2.77. The highest BCUT2D eigenvalue weighted by Gasteiger charge is 2.70. The second kappa shape index (κ2) is 9.57. The van der Waals surface area contributed by atoms with Crippen molar-refractivity contribution in [2.75, 3.05) is 45.8 Å². The van der Waals surface area contributed by atoms with Gasteiger partial charge in [0, 0.05) is 25.0 Å². The summed E-state index contributed by atoms with van der Waals surface area (Å²) in [5.74, 6) is 3.89. The Kier molecular flexibility index (Phi) is 6.79. The number of esters is 1. The molecule has 10 atom stereocenters. The molecular weight excluding hydrogens is 516 g/mol. The molecule has 0 amide bonds. The summed E-state index contributed by atoms with van der Waals surface area (Å²) in [5, 5.41) is 0. The Labute approximate surface area is 258 Å². The van der Waals surface area contributed by atoms with E-state index in [0.29, 0.717) is 34.1 Å². The molecule has 0 aromatic carbocycles. The van der Waals surface area contributed by atoms with Crippen molar-refractivity contribution in [3.8, 4) is 0 Å². The maximum Gasteiger partial charge on any atom is 0.362 e. The first kappa shape index (κ1) is 29.8. The van der Waals surface area contributed by atoms with Crippen molar-refractivity contribution in [3.05, 3.63) is 12.2 Å². The average molecular weight is 580 g/mol. The van der Waals surface area contributed by atoms with Gasteiger partial charge < -0.3 is 9.22 Å². The molecule has 5 aliphatic carbocycles. The van der Waals surface area contributed by atoms with E-state index >= 15 is 0 Å². The van der Waals surface area contributed by atoms with Crippen molar-refractivity contribution in [1.82, 2.24) is 4.90 Å². The Bertz CT molecular complexity index is 1110. The smallest absolute Gasteiger partial charge is 0.362 e. The summed E-state index contributed by atoms with van der Waals surface area (Å²) in [6.45, 7) is 30.0. The second-order valence-corrected chi connectivity index (χ2v) is 18.7. The third-order valence-electron chi connectivity index (χ3n) is 16.8. The van der Waals surface area contributed by atoms with Crippen molar-refractivity contribution in [2.45, 2.75) is 119 Å². The predicted molar refractivity (Wildman–Crippen MR) is 171 cm³/mol. The van der Waals surface area contributed by atoms with Gasteiger partial charge in [-0.25, -0.2) is 4.79 Å². The predicted octanol–water partition coefficient (Wildman–Crippen LogP) is 7.72. The zero-order chi connectivity index (χ0) is 29.9. The minimum Gasteiger partial charge on any atom is -0.458 e. The van der Waals surface area contributed by atoms with Crippen LogP contribution in [0.1, 0.15) is 113 Å². The highest BCUT2D eigenvalue weighted by atomic mass is 16.5. The number of hydrogen-bond donors (Lipinski definition) is 0. The lowest BCUT2D eigenvalue weighted by Gasteiger charge is -2.73. The van der Waals surface area contributed by atoms with Crippen molar-refractivity contribution >= 4 is 5.97 Å². The first-order valence-corrected chi connectivity index (χ1v) is 18.1. The van der Waals surface area contributed by atoms with Gasteiger partial charge in [0.1, 0.15) is 6.10 Å². The van der Waals surface area contributed by atoms with Gasteiger partial charge in [0.25, 0.3) is 0 Å². The van der Waals surface area contributed by atoms with Crippen LogP contribution in [0, 0.1) is 56.7 Å². The fourth-order valence-corrected chi connectivity index (χ4v) is 14.1. The molecule has 0 aromatic heterocycles. The third kappa shape index (κ3) is 4.01. The Balaban J connectivity index is 1.11. The van der Waals surface area contributed by atoms with E-state index in [2.05, 4.69) is 59.9 Å². The van der Waals surface area contributed by atoms with E-state index in [1.165, 1.54) is 63.4 Å². The topological polar surface area (TPSA) is 29.5 Å². The maximum absolute atomic E-state index is 13.5. The molecular formula is C38H63N2O2+. The van der Waals surface area contributed by atoms with E-state index in [1.54, 1.807) is 0 Å². The highest BCUT2D eigenvalue weighted by molar-refractivity contribution is 5.71. The van der Waals surface area contributed by atoms with Crippen LogP contribution in [0.25, 0.3) is 0 Å². The summed E-state index contributed by atoms with van der Waals surface area (Å²) >= 11 is 0. The average Bonchev–Trinajstić information content (AvgIpc) is 3.29. The molecule has 8 aliphatic rings. The molecule has 3 aliphatic heterocycles. The molecule has 5 saturated carbocycles. The normalized spacial score (nSPS) is 54.2. The number of quaternary nitrogens is 1. The van der Waals surface area contributed by atoms with Crippen LogP contribution in [0.2, 0.25) is 0 Å². The van der Waals surface area contributed by atoms with Crippen molar-refractivity contribution in [2.24, 2.45) is 56.7 Å². The summed E-state index contributed by atoms with van der Waals surface area (Å²) in [7, 11) is 0. The number of fused-ring (bicyclic) bond motifs is 10. The van der Waals surface area contributed by atoms with Crippen LogP contribution in [0.3, 0.4) is 0 Å². The van der Waals surface area contributed by atoms with Crippen LogP contribution in [-0.4, -0.2) is 67.3 Å². The van der Waals surface area contributed by atoms with Crippen LogP contribution in [0.15, 0.2) is 12.2 Å². The fraction of sp³-hybridized carbons (Fsp3) is 0.921. The summed E-state index contributed by atoms with van der Waals surface area (Å²) in [5.41, 5.74) is 3.17. The lowest BCUT2D eigenvalue weighted by atomic mass is 9.32. The van der Waals surface area contributed by atoms with Gasteiger partial charge in [0.15, 0.2) is 6.54 Å². The van der Waals surface area contributed by atoms with Crippen molar-refractivity contribution in [3.63, 3.8) is 0 Å². The summed E-state index contributed by atoms with van der Waals surface area (Å²) in [4.78, 5) is 16.1.